The van der Waals surface area contributed by atoms with E-state index in [-0.39, 0.29) is 5.91 Å². The number of carbonyl (C=O) groups excluding carboxylic acids is 1. The van der Waals surface area contributed by atoms with Gasteiger partial charge < -0.3 is 5.32 Å². The molecule has 0 aliphatic carbocycles. The summed E-state index contributed by atoms with van der Waals surface area (Å²) >= 11 is 0. The Bertz CT molecular complexity index is 1020. The van der Waals surface area contributed by atoms with Crippen molar-refractivity contribution in [1.82, 2.24) is 4.98 Å². The van der Waals surface area contributed by atoms with E-state index in [0.717, 1.165) is 27.7 Å². The molecule has 25 heavy (non-hydrogen) atoms. The molecule has 0 radical (unpaired) electrons. The molecule has 1 N–H and O–H groups in total. The van der Waals surface area contributed by atoms with Gasteiger partial charge in [-0.05, 0) is 47.2 Å². The highest BCUT2D eigenvalue weighted by Crippen LogP contribution is 2.20. The van der Waals surface area contributed by atoms with Gasteiger partial charge in [0.15, 0.2) is 0 Å². The summed E-state index contributed by atoms with van der Waals surface area (Å²) in [5, 5.41) is 5.21. The van der Waals surface area contributed by atoms with Crippen LogP contribution in [0.3, 0.4) is 0 Å². The zero-order chi connectivity index (χ0) is 17.1. The molecule has 1 heterocycles. The van der Waals surface area contributed by atoms with Crippen LogP contribution in [0.5, 0.6) is 0 Å². The van der Waals surface area contributed by atoms with Crippen molar-refractivity contribution in [3.05, 3.63) is 96.7 Å². The molecule has 4 aromatic rings. The molecule has 0 spiro atoms. The van der Waals surface area contributed by atoms with Crippen LogP contribution in [0.2, 0.25) is 0 Å². The third-order valence-electron chi connectivity index (χ3n) is 4.12. The number of nitrogens with one attached hydrogen (secondary N) is 1. The van der Waals surface area contributed by atoms with Gasteiger partial charge in [0, 0.05) is 23.0 Å². The fourth-order valence-electron chi connectivity index (χ4n) is 2.80. The quantitative estimate of drug-likeness (QED) is 0.566. The average molecular weight is 324 g/mol. The molecule has 1 amide bonds. The first-order valence-electron chi connectivity index (χ1n) is 8.11. The number of pyridine rings is 1. The van der Waals surface area contributed by atoms with Crippen molar-refractivity contribution in [2.24, 2.45) is 0 Å². The first-order chi connectivity index (χ1) is 12.3. The fourth-order valence-corrected chi connectivity index (χ4v) is 2.80. The fraction of sp³-hybridized carbons (Fsp3) is 0. The standard InChI is InChI=1S/C22H16N2O/c25-22(24-20-13-12-16-5-1-2-6-19(16)15-20)18-10-8-17(9-11-18)21-7-3-4-14-23-21/h1-15H,(H,24,25). The molecule has 1 aromatic heterocycles. The Morgan fingerprint density at radius 3 is 2.28 bits per heavy atom. The second kappa shape index (κ2) is 6.57. The number of nitrogens with zero attached hydrogens (tertiary/aromatic N) is 1. The maximum absolute atomic E-state index is 12.5. The minimum absolute atomic E-state index is 0.122. The van der Waals surface area contributed by atoms with Gasteiger partial charge in [-0.2, -0.15) is 0 Å². The van der Waals surface area contributed by atoms with Crippen molar-refractivity contribution in [3.63, 3.8) is 0 Å². The predicted molar refractivity (Wildman–Crippen MR) is 102 cm³/mol. The lowest BCUT2D eigenvalue weighted by atomic mass is 10.1. The van der Waals surface area contributed by atoms with Crippen molar-refractivity contribution < 1.29 is 4.79 Å². The van der Waals surface area contributed by atoms with Crippen LogP contribution in [0.25, 0.3) is 22.0 Å². The highest BCUT2D eigenvalue weighted by molar-refractivity contribution is 6.05. The number of hydrogen-bond donors (Lipinski definition) is 1. The topological polar surface area (TPSA) is 42.0 Å². The van der Waals surface area contributed by atoms with E-state index in [9.17, 15) is 4.79 Å². The van der Waals surface area contributed by atoms with Crippen molar-refractivity contribution in [2.75, 3.05) is 5.32 Å². The Morgan fingerprint density at radius 1 is 0.760 bits per heavy atom. The Labute approximate surface area is 146 Å². The Balaban J connectivity index is 1.54. The van der Waals surface area contributed by atoms with Crippen LogP contribution in [-0.2, 0) is 0 Å². The van der Waals surface area contributed by atoms with Crippen LogP contribution in [0.1, 0.15) is 10.4 Å². The molecule has 0 saturated heterocycles. The number of amides is 1. The largest absolute Gasteiger partial charge is 0.322 e. The van der Waals surface area contributed by atoms with Crippen molar-refractivity contribution >= 4 is 22.4 Å². The van der Waals surface area contributed by atoms with Gasteiger partial charge in [0.05, 0.1) is 5.69 Å². The highest BCUT2D eigenvalue weighted by Gasteiger charge is 2.07. The lowest BCUT2D eigenvalue weighted by Crippen LogP contribution is -2.11. The van der Waals surface area contributed by atoms with Crippen molar-refractivity contribution in [1.29, 1.82) is 0 Å². The first kappa shape index (κ1) is 15.1. The normalized spacial score (nSPS) is 10.6. The molecule has 3 aromatic carbocycles. The van der Waals surface area contributed by atoms with Crippen molar-refractivity contribution in [3.8, 4) is 11.3 Å². The lowest BCUT2D eigenvalue weighted by molar-refractivity contribution is 0.102. The molecule has 0 aliphatic rings. The number of aromatic nitrogens is 1. The van der Waals surface area contributed by atoms with Crippen LogP contribution in [0.4, 0.5) is 5.69 Å². The van der Waals surface area contributed by atoms with Crippen LogP contribution >= 0.6 is 0 Å². The van der Waals surface area contributed by atoms with E-state index in [4.69, 9.17) is 0 Å². The molecule has 0 atom stereocenters. The van der Waals surface area contributed by atoms with E-state index in [1.54, 1.807) is 6.20 Å². The molecule has 0 saturated carbocycles. The van der Waals surface area contributed by atoms with Gasteiger partial charge in [-0.25, -0.2) is 0 Å². The average Bonchev–Trinajstić information content (AvgIpc) is 2.69. The molecule has 120 valence electrons. The zero-order valence-electron chi connectivity index (χ0n) is 13.5. The molecule has 0 fully saturated rings. The minimum Gasteiger partial charge on any atom is -0.322 e. The summed E-state index contributed by atoms with van der Waals surface area (Å²) in [5.41, 5.74) is 3.29. The molecular formula is C22H16N2O. The van der Waals surface area contributed by atoms with Crippen LogP contribution in [-0.4, -0.2) is 10.9 Å². The van der Waals surface area contributed by atoms with Gasteiger partial charge in [0.25, 0.3) is 5.91 Å². The maximum atomic E-state index is 12.5. The Hall–Kier alpha value is -3.46. The molecule has 3 heteroatoms. The van der Waals surface area contributed by atoms with E-state index in [1.165, 1.54) is 0 Å². The SMILES string of the molecule is O=C(Nc1ccc2ccccc2c1)c1ccc(-c2ccccn2)cc1. The maximum Gasteiger partial charge on any atom is 0.255 e. The van der Waals surface area contributed by atoms with E-state index < -0.39 is 0 Å². The molecular weight excluding hydrogens is 308 g/mol. The molecule has 3 nitrogen and oxygen atoms in total. The van der Waals surface area contributed by atoms with Crippen LogP contribution in [0.15, 0.2) is 91.1 Å². The van der Waals surface area contributed by atoms with Gasteiger partial charge in [0.1, 0.15) is 0 Å². The number of carbonyl (C=O) groups is 1. The summed E-state index contributed by atoms with van der Waals surface area (Å²) in [4.78, 5) is 16.8. The van der Waals surface area contributed by atoms with Gasteiger partial charge in [0.2, 0.25) is 0 Å². The van der Waals surface area contributed by atoms with Crippen molar-refractivity contribution in [2.45, 2.75) is 0 Å². The number of benzene rings is 3. The van der Waals surface area contributed by atoms with E-state index in [2.05, 4.69) is 16.4 Å². The summed E-state index contributed by atoms with van der Waals surface area (Å²) in [5.74, 6) is -0.122. The van der Waals surface area contributed by atoms with E-state index in [0.29, 0.717) is 5.56 Å². The Morgan fingerprint density at radius 2 is 1.52 bits per heavy atom. The third kappa shape index (κ3) is 3.26. The third-order valence-corrected chi connectivity index (χ3v) is 4.12. The molecule has 0 aliphatic heterocycles. The minimum atomic E-state index is -0.122. The van der Waals surface area contributed by atoms with Gasteiger partial charge >= 0.3 is 0 Å². The highest BCUT2D eigenvalue weighted by atomic mass is 16.1. The summed E-state index contributed by atoms with van der Waals surface area (Å²) < 4.78 is 0. The zero-order valence-corrected chi connectivity index (χ0v) is 13.5. The summed E-state index contributed by atoms with van der Waals surface area (Å²) in [6.07, 6.45) is 1.76. The second-order valence-corrected chi connectivity index (χ2v) is 5.81. The molecule has 0 unspecified atom stereocenters. The smallest absolute Gasteiger partial charge is 0.255 e. The summed E-state index contributed by atoms with van der Waals surface area (Å²) in [6, 6.07) is 27.2. The number of anilines is 1. The predicted octanol–water partition coefficient (Wildman–Crippen LogP) is 5.15. The molecule has 4 rings (SSSR count). The second-order valence-electron chi connectivity index (χ2n) is 5.81. The number of rotatable bonds is 3. The van der Waals surface area contributed by atoms with Crippen LogP contribution < -0.4 is 5.32 Å². The van der Waals surface area contributed by atoms with E-state index >= 15 is 0 Å². The van der Waals surface area contributed by atoms with Crippen LogP contribution in [0, 0.1) is 0 Å². The Kier molecular flexibility index (Phi) is 3.97. The monoisotopic (exact) mass is 324 g/mol. The van der Waals surface area contributed by atoms with E-state index in [1.807, 2.05) is 78.9 Å². The summed E-state index contributed by atoms with van der Waals surface area (Å²) in [6.45, 7) is 0. The number of hydrogen-bond acceptors (Lipinski definition) is 2. The van der Waals surface area contributed by atoms with Gasteiger partial charge in [-0.15, -0.1) is 0 Å². The first-order valence-corrected chi connectivity index (χ1v) is 8.11. The summed E-state index contributed by atoms with van der Waals surface area (Å²) in [7, 11) is 0. The lowest BCUT2D eigenvalue weighted by Gasteiger charge is -2.07. The molecule has 0 bridgehead atoms. The number of fused-ring (bicyclic) bond motifs is 1. The van der Waals surface area contributed by atoms with Gasteiger partial charge in [-0.1, -0.05) is 48.5 Å². The van der Waals surface area contributed by atoms with Gasteiger partial charge in [-0.3, -0.25) is 9.78 Å².